The van der Waals surface area contributed by atoms with Crippen LogP contribution < -0.4 is 20.7 Å². The van der Waals surface area contributed by atoms with Gasteiger partial charge >= 0.3 is 0 Å². The number of nitrogens with zero attached hydrogens (tertiary/aromatic N) is 2. The molecule has 0 atom stereocenters. The summed E-state index contributed by atoms with van der Waals surface area (Å²) in [7, 11) is -4.04. The van der Waals surface area contributed by atoms with E-state index in [4.69, 9.17) is 24.6 Å². The lowest BCUT2D eigenvalue weighted by molar-refractivity contribution is 0.243. The Labute approximate surface area is 238 Å². The number of hydrogen-bond donors (Lipinski definition) is 3. The third-order valence-electron chi connectivity index (χ3n) is 5.95. The highest BCUT2D eigenvalue weighted by Crippen LogP contribution is 2.37. The van der Waals surface area contributed by atoms with Crippen LogP contribution in [-0.4, -0.2) is 42.7 Å². The van der Waals surface area contributed by atoms with Crippen molar-refractivity contribution in [2.24, 2.45) is 0 Å². The fourth-order valence-corrected chi connectivity index (χ4v) is 5.28. The van der Waals surface area contributed by atoms with Crippen LogP contribution in [-0.2, 0) is 9.84 Å². The molecule has 1 aliphatic rings. The predicted octanol–water partition coefficient (Wildman–Crippen LogP) is 6.36. The minimum atomic E-state index is -4.04. The van der Waals surface area contributed by atoms with Crippen LogP contribution in [0.5, 0.6) is 5.75 Å². The predicted molar refractivity (Wildman–Crippen MR) is 154 cm³/mol. The molecule has 10 heteroatoms. The van der Waals surface area contributed by atoms with Crippen molar-refractivity contribution >= 4 is 44.6 Å². The van der Waals surface area contributed by atoms with Crippen molar-refractivity contribution in [3.63, 3.8) is 0 Å². The molecule has 3 aromatic rings. The van der Waals surface area contributed by atoms with Crippen molar-refractivity contribution < 1.29 is 21.4 Å². The van der Waals surface area contributed by atoms with E-state index in [9.17, 15) is 8.42 Å². The summed E-state index contributed by atoms with van der Waals surface area (Å²) in [4.78, 5) is 8.61. The van der Waals surface area contributed by atoms with Gasteiger partial charge in [-0.2, -0.15) is 4.98 Å². The van der Waals surface area contributed by atoms with Crippen LogP contribution in [0.1, 0.15) is 65.8 Å². The molecule has 2 heterocycles. The average Bonchev–Trinajstić information content (AvgIpc) is 2.84. The van der Waals surface area contributed by atoms with Crippen molar-refractivity contribution in [3.05, 3.63) is 58.7 Å². The molecule has 0 saturated carbocycles. The molecule has 0 unspecified atom stereocenters. The largest absolute Gasteiger partial charge is 0.489 e. The number of halogens is 1. The van der Waals surface area contributed by atoms with Crippen LogP contribution in [0.4, 0.5) is 23.1 Å². The lowest BCUT2D eigenvalue weighted by Crippen LogP contribution is -2.27. The average molecular weight is 564 g/mol. The Balaban J connectivity index is 1.71. The molecule has 8 nitrogen and oxygen atoms in total. The number of sulfone groups is 1. The number of para-hydroxylation sites is 1. The minimum Gasteiger partial charge on any atom is -0.489 e. The minimum absolute atomic E-state index is 0.0494. The number of hydrogen-bond acceptors (Lipinski definition) is 8. The molecule has 4 rings (SSSR count). The molecular weight excluding hydrogens is 522 g/mol. The van der Waals surface area contributed by atoms with Gasteiger partial charge in [-0.05, 0) is 102 Å². The summed E-state index contributed by atoms with van der Waals surface area (Å²) >= 11 is 6.38. The molecule has 0 bridgehead atoms. The van der Waals surface area contributed by atoms with Gasteiger partial charge in [0.1, 0.15) is 10.8 Å². The van der Waals surface area contributed by atoms with Crippen LogP contribution in [0, 0.1) is 6.92 Å². The van der Waals surface area contributed by atoms with E-state index in [0.29, 0.717) is 11.3 Å². The van der Waals surface area contributed by atoms with Gasteiger partial charge in [-0.1, -0.05) is 23.7 Å². The number of rotatable bonds is 9. The van der Waals surface area contributed by atoms with Gasteiger partial charge in [0.05, 0.1) is 35.1 Å². The van der Waals surface area contributed by atoms with Gasteiger partial charge in [0.2, 0.25) is 5.95 Å². The smallest absolute Gasteiger partial charge is 0.229 e. The highest BCUT2D eigenvalue weighted by Gasteiger charge is 2.24. The summed E-state index contributed by atoms with van der Waals surface area (Å²) in [5.74, 6) is -0.0238. The maximum absolute atomic E-state index is 13.1. The first-order chi connectivity index (χ1) is 20.1. The van der Waals surface area contributed by atoms with Gasteiger partial charge in [0.25, 0.3) is 0 Å². The van der Waals surface area contributed by atoms with Crippen molar-refractivity contribution in [1.82, 2.24) is 15.3 Å². The highest BCUT2D eigenvalue weighted by atomic mass is 35.5. The molecule has 204 valence electrons. The molecule has 1 fully saturated rings. The molecule has 0 spiro atoms. The van der Waals surface area contributed by atoms with Gasteiger partial charge in [-0.25, -0.2) is 13.4 Å². The van der Waals surface area contributed by atoms with Crippen molar-refractivity contribution in [3.8, 4) is 5.75 Å². The first-order valence-corrected chi connectivity index (χ1v) is 14.0. The standard InChI is InChI=1S/C28H36ClN5O3S/c1-17(2)37-25-15-21(20-10-12-30-13-11-20)19(5)14-24(25)33-28-31-16-22(29)27(34-28)32-23-8-6-7-9-26(23)38(35,36)18(3)4/h6-9,14-18,20,30H,10-13H2,1-5H3,(H2,31,32,33,34)/i12D2,13D2,17D,18D. The Hall–Kier alpha value is -2.88. The van der Waals surface area contributed by atoms with Gasteiger partial charge in [0, 0.05) is 6.85 Å². The number of aryl methyl sites for hydroxylation is 1. The molecule has 0 amide bonds. The van der Waals surface area contributed by atoms with E-state index in [-0.39, 0.29) is 46.0 Å². The van der Waals surface area contributed by atoms with Crippen LogP contribution in [0.15, 0.2) is 47.5 Å². The number of anilines is 4. The Kier molecular flexibility index (Phi) is 6.57. The van der Waals surface area contributed by atoms with Gasteiger partial charge in [0.15, 0.2) is 15.7 Å². The van der Waals surface area contributed by atoms with Gasteiger partial charge < -0.3 is 20.7 Å². The quantitative estimate of drug-likeness (QED) is 0.276. The highest BCUT2D eigenvalue weighted by molar-refractivity contribution is 7.92. The van der Waals surface area contributed by atoms with Gasteiger partial charge in [-0.15, -0.1) is 0 Å². The first-order valence-electron chi connectivity index (χ1n) is 15.1. The fraction of sp³-hybridized carbons (Fsp3) is 0.429. The number of benzene rings is 2. The summed E-state index contributed by atoms with van der Waals surface area (Å²) in [6.07, 6.45) is 0.0797. The normalized spacial score (nSPS) is 20.2. The zero-order valence-corrected chi connectivity index (χ0v) is 23.5. The number of nitrogens with one attached hydrogen (secondary N) is 3. The van der Waals surface area contributed by atoms with E-state index >= 15 is 0 Å². The third kappa shape index (κ3) is 6.39. The second kappa shape index (κ2) is 11.9. The van der Waals surface area contributed by atoms with E-state index in [2.05, 4.69) is 25.9 Å². The van der Waals surface area contributed by atoms with E-state index in [1.807, 2.05) is 6.92 Å². The summed E-state index contributed by atoms with van der Waals surface area (Å²) < 4.78 is 81.3. The van der Waals surface area contributed by atoms with Crippen LogP contribution in [0.3, 0.4) is 0 Å². The van der Waals surface area contributed by atoms with Crippen molar-refractivity contribution in [2.45, 2.75) is 69.6 Å². The second-order valence-electron chi connectivity index (χ2n) is 9.35. The molecule has 1 aromatic heterocycles. The topological polar surface area (TPSA) is 105 Å². The molecule has 0 aliphatic carbocycles. The number of piperidine rings is 1. The number of ether oxygens (including phenoxy) is 1. The fourth-order valence-electron chi connectivity index (χ4n) is 4.04. The maximum Gasteiger partial charge on any atom is 0.229 e. The van der Waals surface area contributed by atoms with E-state index in [0.717, 1.165) is 5.56 Å². The zero-order valence-electron chi connectivity index (χ0n) is 27.9. The van der Waals surface area contributed by atoms with Crippen LogP contribution in [0.2, 0.25) is 5.02 Å². The lowest BCUT2D eigenvalue weighted by atomic mass is 9.87. The lowest BCUT2D eigenvalue weighted by Gasteiger charge is -2.26. The van der Waals surface area contributed by atoms with E-state index in [1.165, 1.54) is 26.1 Å². The summed E-state index contributed by atoms with van der Waals surface area (Å²) in [6, 6.07) is 9.58. The van der Waals surface area contributed by atoms with Crippen molar-refractivity contribution in [1.29, 1.82) is 0 Å². The second-order valence-corrected chi connectivity index (χ2v) is 12.0. The number of aromatic nitrogens is 2. The molecule has 1 aliphatic heterocycles. The Bertz CT molecular complexity index is 1650. The van der Waals surface area contributed by atoms with Crippen LogP contribution in [0.25, 0.3) is 0 Å². The summed E-state index contributed by atoms with van der Waals surface area (Å²) in [6.45, 7) is 3.69. The maximum atomic E-state index is 13.1. The Morgan fingerprint density at radius 2 is 1.84 bits per heavy atom. The Morgan fingerprint density at radius 3 is 2.53 bits per heavy atom. The molecule has 2 aromatic carbocycles. The SMILES string of the molecule is [2H]C1([2H])CC(c2cc(OC([2H])(C)C)c(Nc3ncc(Cl)c(Nc4ccccc4S(=O)(=O)C([2H])(C)C)n3)cc2C)CC([2H])([2H])N1. The first kappa shape index (κ1) is 21.0. The molecule has 38 heavy (non-hydrogen) atoms. The molecule has 1 saturated heterocycles. The zero-order chi connectivity index (χ0) is 32.9. The summed E-state index contributed by atoms with van der Waals surface area (Å²) in [5.41, 5.74) is 2.02. The Morgan fingerprint density at radius 1 is 1.13 bits per heavy atom. The summed E-state index contributed by atoms with van der Waals surface area (Å²) in [5, 5.41) is 6.76. The third-order valence-corrected chi connectivity index (χ3v) is 8.24. The molecule has 3 N–H and O–H groups in total. The van der Waals surface area contributed by atoms with Gasteiger partial charge in [-0.3, -0.25) is 0 Å². The van der Waals surface area contributed by atoms with Crippen molar-refractivity contribution in [2.75, 3.05) is 23.6 Å². The van der Waals surface area contributed by atoms with E-state index in [1.54, 1.807) is 44.2 Å². The monoisotopic (exact) mass is 563 g/mol. The molecule has 0 radical (unpaired) electrons. The van der Waals surface area contributed by atoms with Crippen LogP contribution >= 0.6 is 11.6 Å². The molecular formula is C28H36ClN5O3S. The van der Waals surface area contributed by atoms with E-state index < -0.39 is 40.1 Å².